The van der Waals surface area contributed by atoms with Gasteiger partial charge >= 0.3 is 5.97 Å². The number of aliphatic hydroxyl groups is 4. The third-order valence-corrected chi connectivity index (χ3v) is 9.35. The smallest absolute Gasteiger partial charge is 0.308 e. The highest BCUT2D eigenvalue weighted by Crippen LogP contribution is 2.36. The zero-order chi connectivity index (χ0) is 30.7. The number of rotatable bonds is 17. The summed E-state index contributed by atoms with van der Waals surface area (Å²) in [6, 6.07) is 0. The van der Waals surface area contributed by atoms with E-state index in [-0.39, 0.29) is 23.9 Å². The molecule has 0 saturated carbocycles. The molecule has 1 saturated heterocycles. The Balaban J connectivity index is 2.66. The molecule has 0 spiro atoms. The van der Waals surface area contributed by atoms with Gasteiger partial charge in [-0.25, -0.2) is 0 Å². The number of carbonyl (C=O) groups is 1. The van der Waals surface area contributed by atoms with Crippen LogP contribution in [-0.4, -0.2) is 68.1 Å². The topological polar surface area (TPSA) is 127 Å². The van der Waals surface area contributed by atoms with Crippen molar-refractivity contribution in [2.45, 2.75) is 137 Å². The van der Waals surface area contributed by atoms with Gasteiger partial charge in [0.05, 0.1) is 42.5 Å². The van der Waals surface area contributed by atoms with Gasteiger partial charge in [-0.1, -0.05) is 73.1 Å². The van der Waals surface area contributed by atoms with Crippen LogP contribution in [0.3, 0.4) is 0 Å². The van der Waals surface area contributed by atoms with Crippen molar-refractivity contribution in [3.8, 4) is 0 Å². The lowest BCUT2D eigenvalue weighted by atomic mass is 9.76. The van der Waals surface area contributed by atoms with Gasteiger partial charge in [0, 0.05) is 23.7 Å². The van der Waals surface area contributed by atoms with Crippen molar-refractivity contribution in [3.63, 3.8) is 0 Å². The lowest BCUT2D eigenvalue weighted by molar-refractivity contribution is -0.169. The van der Waals surface area contributed by atoms with E-state index in [1.165, 1.54) is 0 Å². The second-order valence-corrected chi connectivity index (χ2v) is 12.9. The van der Waals surface area contributed by atoms with Crippen LogP contribution in [0.25, 0.3) is 0 Å². The van der Waals surface area contributed by atoms with Crippen molar-refractivity contribution in [1.29, 1.82) is 0 Å². The molecule has 40 heavy (non-hydrogen) atoms. The molecule has 0 aromatic rings. The number of allylic oxidation sites excluding steroid dienone is 2. The average Bonchev–Trinajstić information content (AvgIpc) is 2.92. The predicted molar refractivity (Wildman–Crippen MR) is 161 cm³/mol. The first kappa shape index (κ1) is 36.8. The quantitative estimate of drug-likeness (QED) is 0.145. The third-order valence-electron chi connectivity index (χ3n) is 9.35. The molecular formula is C33H60O7. The summed E-state index contributed by atoms with van der Waals surface area (Å²) >= 11 is 0. The van der Waals surface area contributed by atoms with Gasteiger partial charge in [0.25, 0.3) is 0 Å². The molecule has 7 heteroatoms. The first-order chi connectivity index (χ1) is 18.6. The Kier molecular flexibility index (Phi) is 16.2. The van der Waals surface area contributed by atoms with Crippen molar-refractivity contribution in [2.24, 2.45) is 41.4 Å². The maximum absolute atomic E-state index is 11.5. The largest absolute Gasteiger partial charge is 0.481 e. The van der Waals surface area contributed by atoms with Gasteiger partial charge in [-0.15, -0.1) is 0 Å². The van der Waals surface area contributed by atoms with Gasteiger partial charge < -0.3 is 30.3 Å². The minimum absolute atomic E-state index is 0.0376. The van der Waals surface area contributed by atoms with E-state index in [9.17, 15) is 30.3 Å². The molecule has 1 aliphatic heterocycles. The summed E-state index contributed by atoms with van der Waals surface area (Å²) in [7, 11) is 0. The molecule has 0 radical (unpaired) electrons. The first-order valence-corrected chi connectivity index (χ1v) is 15.6. The van der Waals surface area contributed by atoms with Crippen molar-refractivity contribution >= 4 is 5.97 Å². The standard InChI is InChI=1S/C33H60O7/c1-10-13-19(2)18-22(5)29(35)20(3)14-11-12-15-27(34)23(6)30(36)25(8)31(37)26(9)32-21(4)16-17-28(40-32)24(7)33(38)39/h11,14,18-21,23-32,34-37H,10,12-13,15-17H2,1-9H3,(H,38,39)/b14-11+,22-18+. The van der Waals surface area contributed by atoms with Crippen molar-refractivity contribution in [3.05, 3.63) is 23.8 Å². The van der Waals surface area contributed by atoms with Crippen LogP contribution in [-0.2, 0) is 9.53 Å². The Morgan fingerprint density at radius 2 is 1.57 bits per heavy atom. The average molecular weight is 569 g/mol. The predicted octanol–water partition coefficient (Wildman–Crippen LogP) is 5.60. The van der Waals surface area contributed by atoms with E-state index in [0.29, 0.717) is 25.2 Å². The second-order valence-electron chi connectivity index (χ2n) is 12.9. The van der Waals surface area contributed by atoms with E-state index in [1.807, 2.05) is 32.9 Å². The maximum atomic E-state index is 11.5. The number of ether oxygens (including phenoxy) is 1. The molecule has 1 fully saturated rings. The van der Waals surface area contributed by atoms with Gasteiger partial charge in [0.15, 0.2) is 0 Å². The Morgan fingerprint density at radius 3 is 2.15 bits per heavy atom. The van der Waals surface area contributed by atoms with E-state index in [1.54, 1.807) is 20.8 Å². The van der Waals surface area contributed by atoms with Crippen LogP contribution in [0.1, 0.15) is 101 Å². The molecule has 234 valence electrons. The highest BCUT2D eigenvalue weighted by Gasteiger charge is 2.41. The maximum Gasteiger partial charge on any atom is 0.308 e. The summed E-state index contributed by atoms with van der Waals surface area (Å²) < 4.78 is 6.19. The molecule has 1 aliphatic rings. The van der Waals surface area contributed by atoms with Gasteiger partial charge in [-0.2, -0.15) is 0 Å². The monoisotopic (exact) mass is 568 g/mol. The third kappa shape index (κ3) is 10.9. The minimum Gasteiger partial charge on any atom is -0.481 e. The van der Waals surface area contributed by atoms with Crippen LogP contribution < -0.4 is 0 Å². The molecule has 1 heterocycles. The molecular weight excluding hydrogens is 508 g/mol. The van der Waals surface area contributed by atoms with Crippen LogP contribution in [0.15, 0.2) is 23.8 Å². The molecule has 0 aromatic carbocycles. The summed E-state index contributed by atoms with van der Waals surface area (Å²) in [6.45, 7) is 17.5. The molecule has 0 aromatic heterocycles. The normalized spacial score (nSPS) is 28.2. The fourth-order valence-corrected chi connectivity index (χ4v) is 6.19. The van der Waals surface area contributed by atoms with Gasteiger partial charge in [-0.3, -0.25) is 4.79 Å². The minimum atomic E-state index is -0.914. The molecule has 7 nitrogen and oxygen atoms in total. The van der Waals surface area contributed by atoms with E-state index in [0.717, 1.165) is 24.8 Å². The molecule has 5 N–H and O–H groups in total. The summed E-state index contributed by atoms with van der Waals surface area (Å²) in [5.41, 5.74) is 0.983. The van der Waals surface area contributed by atoms with Crippen LogP contribution in [0, 0.1) is 41.4 Å². The summed E-state index contributed by atoms with van der Waals surface area (Å²) in [5, 5.41) is 53.1. The van der Waals surface area contributed by atoms with Crippen LogP contribution in [0.4, 0.5) is 0 Å². The van der Waals surface area contributed by atoms with Crippen LogP contribution >= 0.6 is 0 Å². The lowest BCUT2D eigenvalue weighted by Gasteiger charge is -2.43. The van der Waals surface area contributed by atoms with E-state index < -0.39 is 54.2 Å². The molecule has 13 atom stereocenters. The zero-order valence-electron chi connectivity index (χ0n) is 26.5. The van der Waals surface area contributed by atoms with Crippen molar-refractivity contribution in [2.75, 3.05) is 0 Å². The van der Waals surface area contributed by atoms with Crippen molar-refractivity contribution in [1.82, 2.24) is 0 Å². The van der Waals surface area contributed by atoms with Crippen LogP contribution in [0.5, 0.6) is 0 Å². The van der Waals surface area contributed by atoms with E-state index in [4.69, 9.17) is 4.74 Å². The number of hydrogen-bond donors (Lipinski definition) is 5. The molecule has 0 aliphatic carbocycles. The fraction of sp³-hybridized carbons (Fsp3) is 0.848. The molecule has 0 bridgehead atoms. The zero-order valence-corrected chi connectivity index (χ0v) is 26.5. The van der Waals surface area contributed by atoms with Gasteiger partial charge in [0.1, 0.15) is 0 Å². The SMILES string of the molecule is CCCC(C)/C=C(\C)C(O)C(C)/C=C/CCC(O)C(C)C(O)C(C)C(O)C(C)C1OC(C(C)C(=O)O)CCC1C. The fourth-order valence-electron chi connectivity index (χ4n) is 6.19. The van der Waals surface area contributed by atoms with E-state index in [2.05, 4.69) is 26.8 Å². The molecule has 13 unspecified atom stereocenters. The highest BCUT2D eigenvalue weighted by molar-refractivity contribution is 5.70. The summed E-state index contributed by atoms with van der Waals surface area (Å²) in [6.07, 6.45) is 7.17. The van der Waals surface area contributed by atoms with E-state index >= 15 is 0 Å². The number of carboxylic acids is 1. The Hall–Kier alpha value is -1.25. The number of hydrogen-bond acceptors (Lipinski definition) is 6. The molecule has 0 amide bonds. The Morgan fingerprint density at radius 1 is 0.950 bits per heavy atom. The number of aliphatic carboxylic acids is 1. The second kappa shape index (κ2) is 17.6. The summed E-state index contributed by atoms with van der Waals surface area (Å²) in [4.78, 5) is 11.5. The Labute approximate surface area is 243 Å². The van der Waals surface area contributed by atoms with Gasteiger partial charge in [-0.05, 0) is 63.4 Å². The first-order valence-electron chi connectivity index (χ1n) is 15.6. The summed E-state index contributed by atoms with van der Waals surface area (Å²) in [5.74, 6) is -2.17. The highest BCUT2D eigenvalue weighted by atomic mass is 16.5. The molecule has 1 rings (SSSR count). The van der Waals surface area contributed by atoms with Crippen molar-refractivity contribution < 1.29 is 35.1 Å². The Bertz CT molecular complexity index is 796. The number of carboxylic acid groups (broad SMARTS) is 1. The van der Waals surface area contributed by atoms with Crippen LogP contribution in [0.2, 0.25) is 0 Å². The number of aliphatic hydroxyl groups excluding tert-OH is 4. The van der Waals surface area contributed by atoms with Gasteiger partial charge in [0.2, 0.25) is 0 Å². The lowest BCUT2D eigenvalue weighted by Crippen LogP contribution is -2.49.